The smallest absolute Gasteiger partial charge is 0.251 e. The van der Waals surface area contributed by atoms with Crippen molar-refractivity contribution < 1.29 is 14.4 Å². The van der Waals surface area contributed by atoms with Crippen LogP contribution in [-0.4, -0.2) is 55.3 Å². The van der Waals surface area contributed by atoms with Gasteiger partial charge in [-0.05, 0) is 49.2 Å². The molecule has 3 amide bonds. The number of likely N-dealkylation sites (N-methyl/N-ethyl adjacent to an activating group) is 2. The Kier molecular flexibility index (Phi) is 14.3. The average molecular weight is 579 g/mol. The van der Waals surface area contributed by atoms with E-state index in [1.807, 2.05) is 65.0 Å². The lowest BCUT2D eigenvalue weighted by molar-refractivity contribution is -0.139. The van der Waals surface area contributed by atoms with Crippen LogP contribution in [0.15, 0.2) is 71.4 Å². The molecule has 0 heterocycles. The molecule has 0 saturated heterocycles. The first-order valence-electron chi connectivity index (χ1n) is 14.4. The van der Waals surface area contributed by atoms with Crippen molar-refractivity contribution in [1.29, 1.82) is 5.53 Å². The molecular formula is C33H50N6O3. The topological polar surface area (TPSA) is 127 Å². The summed E-state index contributed by atoms with van der Waals surface area (Å²) in [5.41, 5.74) is 8.47. The molecule has 2 aromatic rings. The Morgan fingerprint density at radius 3 is 1.98 bits per heavy atom. The second-order valence-corrected chi connectivity index (χ2v) is 12.0. The fourth-order valence-electron chi connectivity index (χ4n) is 4.25. The van der Waals surface area contributed by atoms with E-state index in [9.17, 15) is 14.4 Å². The maximum atomic E-state index is 13.5. The third-order valence-corrected chi connectivity index (χ3v) is 6.85. The van der Waals surface area contributed by atoms with Gasteiger partial charge in [0.05, 0.1) is 11.7 Å². The van der Waals surface area contributed by atoms with Gasteiger partial charge in [0.2, 0.25) is 11.8 Å². The third-order valence-electron chi connectivity index (χ3n) is 6.85. The summed E-state index contributed by atoms with van der Waals surface area (Å²) in [5.74, 6) is -0.808. The molecule has 1 unspecified atom stereocenters. The second-order valence-electron chi connectivity index (χ2n) is 12.0. The predicted octanol–water partition coefficient (Wildman–Crippen LogP) is 6.21. The van der Waals surface area contributed by atoms with Gasteiger partial charge in [-0.25, -0.2) is 5.53 Å². The van der Waals surface area contributed by atoms with Gasteiger partial charge in [-0.2, -0.15) is 5.11 Å². The fraction of sp³-hybridized carbons (Fsp3) is 0.485. The normalized spacial score (nSPS) is 13.1. The van der Waals surface area contributed by atoms with Gasteiger partial charge in [0.25, 0.3) is 5.91 Å². The Morgan fingerprint density at radius 1 is 0.952 bits per heavy atom. The number of hydrogen-bond donors (Lipinski definition) is 4. The molecule has 0 aliphatic rings. The quantitative estimate of drug-likeness (QED) is 0.187. The van der Waals surface area contributed by atoms with Gasteiger partial charge in [0.1, 0.15) is 6.04 Å². The highest BCUT2D eigenvalue weighted by Gasteiger charge is 2.40. The first kappa shape index (κ1) is 36.2. The number of benzene rings is 2. The zero-order chi connectivity index (χ0) is 32.1. The highest BCUT2D eigenvalue weighted by molar-refractivity contribution is 6.03. The molecule has 0 aromatic heterocycles. The molecule has 42 heavy (non-hydrogen) atoms. The summed E-state index contributed by atoms with van der Waals surface area (Å²) in [5, 5.41) is 12.3. The monoisotopic (exact) mass is 578 g/mol. The number of carbonyl (C=O) groups excluding carboxylic acids is 3. The standard InChI is InChI=1S/C30H42N6O3.C3H8/c1-20(26(37)33-22-14-16-23(35-31)17-15-22)18-19-36(8)28(39)25(29(2,3)4)34-27(38)24(32-7)30(5,6)21-12-10-9-11-13-21;1-3-2/h9-18,24-25,31-32H,19H2,1-8H3,(H,33,37)(H,34,38);3H2,1-2H3/b20-18+,35-31?;/t24-,25?;/m1./s1. The molecule has 0 bridgehead atoms. The number of nitrogens with zero attached hydrogens (tertiary/aromatic N) is 2. The number of anilines is 1. The largest absolute Gasteiger partial charge is 0.342 e. The van der Waals surface area contributed by atoms with E-state index in [2.05, 4.69) is 34.9 Å². The van der Waals surface area contributed by atoms with Crippen LogP contribution in [0.25, 0.3) is 0 Å². The Hall–Kier alpha value is -3.85. The molecule has 0 radical (unpaired) electrons. The van der Waals surface area contributed by atoms with Crippen molar-refractivity contribution in [3.63, 3.8) is 0 Å². The molecule has 0 aliphatic heterocycles. The minimum atomic E-state index is -0.777. The summed E-state index contributed by atoms with van der Waals surface area (Å²) in [7, 11) is 3.40. The van der Waals surface area contributed by atoms with E-state index < -0.39 is 22.9 Å². The summed E-state index contributed by atoms with van der Waals surface area (Å²) < 4.78 is 0. The van der Waals surface area contributed by atoms with Crippen LogP contribution < -0.4 is 16.0 Å². The SMILES string of the molecule is CCC.CN[C@H](C(=O)NC(C(=O)N(C)C/C=C(\C)C(=O)Nc1ccc(N=N)cc1)C(C)(C)C)C(C)(C)c1ccccc1. The zero-order valence-electron chi connectivity index (χ0n) is 27.0. The summed E-state index contributed by atoms with van der Waals surface area (Å²) >= 11 is 0. The maximum absolute atomic E-state index is 13.5. The van der Waals surface area contributed by atoms with E-state index in [4.69, 9.17) is 5.53 Å². The Labute approximate surface area is 252 Å². The lowest BCUT2D eigenvalue weighted by atomic mass is 9.76. The van der Waals surface area contributed by atoms with Crippen LogP contribution in [0.5, 0.6) is 0 Å². The Morgan fingerprint density at radius 2 is 1.50 bits per heavy atom. The highest BCUT2D eigenvalue weighted by Crippen LogP contribution is 2.28. The van der Waals surface area contributed by atoms with Gasteiger partial charge >= 0.3 is 0 Å². The average Bonchev–Trinajstić information content (AvgIpc) is 2.95. The lowest BCUT2D eigenvalue weighted by Gasteiger charge is -2.38. The molecule has 9 nitrogen and oxygen atoms in total. The summed E-state index contributed by atoms with van der Waals surface area (Å²) in [6.07, 6.45) is 2.93. The number of carbonyl (C=O) groups is 3. The van der Waals surface area contributed by atoms with Crippen molar-refractivity contribution in [1.82, 2.24) is 15.5 Å². The van der Waals surface area contributed by atoms with E-state index in [1.165, 1.54) is 11.3 Å². The van der Waals surface area contributed by atoms with Crippen LogP contribution in [0.2, 0.25) is 0 Å². The van der Waals surface area contributed by atoms with Gasteiger partial charge in [-0.3, -0.25) is 14.4 Å². The lowest BCUT2D eigenvalue weighted by Crippen LogP contribution is -2.60. The van der Waals surface area contributed by atoms with Crippen molar-refractivity contribution in [3.8, 4) is 0 Å². The van der Waals surface area contributed by atoms with Crippen molar-refractivity contribution in [2.45, 2.75) is 79.3 Å². The van der Waals surface area contributed by atoms with Gasteiger partial charge in [-0.15, -0.1) is 0 Å². The summed E-state index contributed by atoms with van der Waals surface area (Å²) in [6.45, 7) is 15.9. The van der Waals surface area contributed by atoms with Crippen molar-refractivity contribution in [3.05, 3.63) is 71.8 Å². The van der Waals surface area contributed by atoms with Crippen LogP contribution in [-0.2, 0) is 19.8 Å². The van der Waals surface area contributed by atoms with E-state index in [0.717, 1.165) is 5.56 Å². The van der Waals surface area contributed by atoms with Crippen LogP contribution in [0, 0.1) is 10.9 Å². The van der Waals surface area contributed by atoms with Crippen molar-refractivity contribution >= 4 is 29.1 Å². The zero-order valence-corrected chi connectivity index (χ0v) is 27.0. The minimum absolute atomic E-state index is 0.197. The van der Waals surface area contributed by atoms with Crippen LogP contribution in [0.1, 0.15) is 67.4 Å². The molecule has 2 atom stereocenters. The van der Waals surface area contributed by atoms with Gasteiger partial charge in [-0.1, -0.05) is 91.3 Å². The number of amides is 3. The van der Waals surface area contributed by atoms with Gasteiger partial charge < -0.3 is 20.9 Å². The maximum Gasteiger partial charge on any atom is 0.251 e. The molecule has 4 N–H and O–H groups in total. The molecule has 0 fully saturated rings. The number of rotatable bonds is 11. The molecule has 0 spiro atoms. The van der Waals surface area contributed by atoms with E-state index in [0.29, 0.717) is 16.9 Å². The molecule has 230 valence electrons. The van der Waals surface area contributed by atoms with Gasteiger partial charge in [0.15, 0.2) is 0 Å². The molecular weight excluding hydrogens is 528 g/mol. The Balaban J connectivity index is 0.00000281. The summed E-state index contributed by atoms with van der Waals surface area (Å²) in [4.78, 5) is 41.2. The van der Waals surface area contributed by atoms with Crippen LogP contribution in [0.3, 0.4) is 0 Å². The van der Waals surface area contributed by atoms with Crippen molar-refractivity contribution in [2.24, 2.45) is 10.5 Å². The Bertz CT molecular complexity index is 1200. The first-order valence-corrected chi connectivity index (χ1v) is 14.4. The molecule has 2 rings (SSSR count). The third kappa shape index (κ3) is 10.5. The van der Waals surface area contributed by atoms with Crippen LogP contribution >= 0.6 is 0 Å². The number of hydrogen-bond acceptors (Lipinski definition) is 6. The molecule has 0 aliphatic carbocycles. The fourth-order valence-corrected chi connectivity index (χ4v) is 4.25. The summed E-state index contributed by atoms with van der Waals surface area (Å²) in [6, 6.07) is 15.1. The first-order chi connectivity index (χ1) is 19.6. The van der Waals surface area contributed by atoms with Crippen LogP contribution in [0.4, 0.5) is 11.4 Å². The highest BCUT2D eigenvalue weighted by atomic mass is 16.2. The minimum Gasteiger partial charge on any atom is -0.342 e. The van der Waals surface area contributed by atoms with Gasteiger partial charge in [0, 0.05) is 30.3 Å². The molecule has 0 saturated carbocycles. The van der Waals surface area contributed by atoms with Crippen molar-refractivity contribution in [2.75, 3.05) is 26.0 Å². The number of nitrogens with one attached hydrogen (secondary N) is 4. The second kappa shape index (κ2) is 16.6. The molecule has 9 heteroatoms. The van der Waals surface area contributed by atoms with E-state index in [-0.39, 0.29) is 24.3 Å². The predicted molar refractivity (Wildman–Crippen MR) is 171 cm³/mol. The van der Waals surface area contributed by atoms with E-state index in [1.54, 1.807) is 51.4 Å². The van der Waals surface area contributed by atoms with E-state index >= 15 is 0 Å². The molecule has 2 aromatic carbocycles.